The largest absolute Gasteiger partial charge is 0.480 e. The van der Waals surface area contributed by atoms with E-state index in [0.717, 1.165) is 0 Å². The maximum atomic E-state index is 11.9. The predicted octanol–water partition coefficient (Wildman–Crippen LogP) is -0.0520. The first-order chi connectivity index (χ1) is 8.45. The number of carboxylic acids is 1. The maximum absolute atomic E-state index is 11.9. The van der Waals surface area contributed by atoms with E-state index < -0.39 is 17.9 Å². The fraction of sp³-hybridized carbons (Fsp3) is 0.545. The topological polar surface area (TPSA) is 93.5 Å². The van der Waals surface area contributed by atoms with Crippen molar-refractivity contribution in [1.29, 1.82) is 0 Å². The normalized spacial score (nSPS) is 12.2. The predicted molar refractivity (Wildman–Crippen MR) is 63.3 cm³/mol. The van der Waals surface area contributed by atoms with Crippen LogP contribution < -0.4 is 5.32 Å². The molecule has 0 saturated carbocycles. The average molecular weight is 255 g/mol. The van der Waals surface area contributed by atoms with Gasteiger partial charge in [0.2, 0.25) is 0 Å². The van der Waals surface area contributed by atoms with Crippen LogP contribution in [0.4, 0.5) is 0 Å². The first-order valence-electron chi connectivity index (χ1n) is 5.48. The van der Waals surface area contributed by atoms with Crippen molar-refractivity contribution >= 4 is 11.9 Å². The summed E-state index contributed by atoms with van der Waals surface area (Å²) in [6.07, 6.45) is 1.77. The minimum absolute atomic E-state index is 0.219. The van der Waals surface area contributed by atoms with Crippen molar-refractivity contribution in [2.45, 2.75) is 19.4 Å². The van der Waals surface area contributed by atoms with Crippen molar-refractivity contribution in [3.8, 4) is 0 Å². The molecule has 2 N–H and O–H groups in total. The van der Waals surface area contributed by atoms with Gasteiger partial charge in [-0.25, -0.2) is 4.79 Å². The summed E-state index contributed by atoms with van der Waals surface area (Å²) in [7, 11) is 3.18. The number of hydrogen-bond donors (Lipinski definition) is 2. The third-order valence-corrected chi connectivity index (χ3v) is 2.47. The van der Waals surface area contributed by atoms with Crippen molar-refractivity contribution in [2.24, 2.45) is 7.05 Å². The van der Waals surface area contributed by atoms with Crippen molar-refractivity contribution in [3.63, 3.8) is 0 Å². The average Bonchev–Trinajstić information content (AvgIpc) is 2.63. The molecule has 0 aromatic carbocycles. The van der Waals surface area contributed by atoms with Crippen molar-refractivity contribution in [3.05, 3.63) is 17.5 Å². The molecular weight excluding hydrogens is 238 g/mol. The number of aliphatic carboxylic acids is 1. The molecule has 7 heteroatoms. The van der Waals surface area contributed by atoms with Gasteiger partial charge in [-0.15, -0.1) is 0 Å². The maximum Gasteiger partial charge on any atom is 0.326 e. The van der Waals surface area contributed by atoms with Gasteiger partial charge in [-0.1, -0.05) is 0 Å². The molecule has 1 unspecified atom stereocenters. The second-order valence-electron chi connectivity index (χ2n) is 3.95. The zero-order chi connectivity index (χ0) is 13.7. The zero-order valence-corrected chi connectivity index (χ0v) is 10.6. The Kier molecular flexibility index (Phi) is 4.85. The molecule has 0 fully saturated rings. The van der Waals surface area contributed by atoms with Gasteiger partial charge in [0.25, 0.3) is 5.91 Å². The van der Waals surface area contributed by atoms with Gasteiger partial charge in [-0.2, -0.15) is 5.10 Å². The molecule has 0 aliphatic rings. The van der Waals surface area contributed by atoms with Crippen LogP contribution in [-0.4, -0.2) is 46.5 Å². The van der Waals surface area contributed by atoms with Crippen LogP contribution in [0.15, 0.2) is 6.20 Å². The Morgan fingerprint density at radius 3 is 2.72 bits per heavy atom. The summed E-state index contributed by atoms with van der Waals surface area (Å²) in [6, 6.07) is -0.961. The minimum Gasteiger partial charge on any atom is -0.480 e. The summed E-state index contributed by atoms with van der Waals surface area (Å²) < 4.78 is 6.32. The van der Waals surface area contributed by atoms with Gasteiger partial charge in [0.1, 0.15) is 6.04 Å². The van der Waals surface area contributed by atoms with Crippen LogP contribution in [-0.2, 0) is 16.6 Å². The lowest BCUT2D eigenvalue weighted by Crippen LogP contribution is -2.41. The highest BCUT2D eigenvalue weighted by molar-refractivity contribution is 5.97. The third-order valence-electron chi connectivity index (χ3n) is 2.47. The first kappa shape index (κ1) is 14.2. The minimum atomic E-state index is -1.08. The molecule has 1 rings (SSSR count). The third kappa shape index (κ3) is 3.56. The molecule has 1 aromatic rings. The summed E-state index contributed by atoms with van der Waals surface area (Å²) in [6.45, 7) is 1.96. The Balaban J connectivity index is 2.72. The number of aryl methyl sites for hydroxylation is 2. The molecule has 0 aliphatic carbocycles. The van der Waals surface area contributed by atoms with Crippen LogP contribution in [0.25, 0.3) is 0 Å². The van der Waals surface area contributed by atoms with E-state index in [1.807, 2.05) is 0 Å². The Bertz CT molecular complexity index is 441. The quantitative estimate of drug-likeness (QED) is 0.743. The van der Waals surface area contributed by atoms with Crippen molar-refractivity contribution in [1.82, 2.24) is 15.1 Å². The highest BCUT2D eigenvalue weighted by Gasteiger charge is 2.22. The second kappa shape index (κ2) is 6.15. The van der Waals surface area contributed by atoms with E-state index in [0.29, 0.717) is 11.3 Å². The van der Waals surface area contributed by atoms with Crippen LogP contribution in [0, 0.1) is 6.92 Å². The standard InChI is InChI=1S/C11H17N3O4/c1-7-8(6-14(2)13-7)10(15)12-9(11(16)17)4-5-18-3/h6,9H,4-5H2,1-3H3,(H,12,15)(H,16,17). The molecular formula is C11H17N3O4. The van der Waals surface area contributed by atoms with Crippen molar-refractivity contribution < 1.29 is 19.4 Å². The number of rotatable bonds is 6. The van der Waals surface area contributed by atoms with Crippen LogP contribution in [0.5, 0.6) is 0 Å². The van der Waals surface area contributed by atoms with Crippen LogP contribution in [0.2, 0.25) is 0 Å². The molecule has 0 saturated heterocycles. The molecule has 1 heterocycles. The number of ether oxygens (including phenoxy) is 1. The number of carbonyl (C=O) groups excluding carboxylic acids is 1. The summed E-state index contributed by atoms with van der Waals surface area (Å²) in [5.74, 6) is -1.52. The lowest BCUT2D eigenvalue weighted by molar-refractivity contribution is -0.139. The summed E-state index contributed by atoms with van der Waals surface area (Å²) in [4.78, 5) is 22.9. The van der Waals surface area contributed by atoms with Gasteiger partial charge in [0, 0.05) is 33.4 Å². The van der Waals surface area contributed by atoms with Gasteiger partial charge >= 0.3 is 5.97 Å². The monoisotopic (exact) mass is 255 g/mol. The highest BCUT2D eigenvalue weighted by atomic mass is 16.5. The summed E-state index contributed by atoms with van der Waals surface area (Å²) >= 11 is 0. The van der Waals surface area contributed by atoms with Gasteiger partial charge < -0.3 is 15.2 Å². The zero-order valence-electron chi connectivity index (χ0n) is 10.6. The second-order valence-corrected chi connectivity index (χ2v) is 3.95. The van der Waals surface area contributed by atoms with Gasteiger partial charge in [0.05, 0.1) is 11.3 Å². The summed E-state index contributed by atoms with van der Waals surface area (Å²) in [5, 5.41) is 15.5. The first-order valence-corrected chi connectivity index (χ1v) is 5.48. The van der Waals surface area contributed by atoms with E-state index in [1.165, 1.54) is 11.8 Å². The Morgan fingerprint density at radius 1 is 1.61 bits per heavy atom. The van der Waals surface area contributed by atoms with E-state index in [1.54, 1.807) is 20.2 Å². The Labute approximate surface area is 105 Å². The molecule has 18 heavy (non-hydrogen) atoms. The Hall–Kier alpha value is -1.89. The number of aromatic nitrogens is 2. The summed E-state index contributed by atoms with van der Waals surface area (Å²) in [5.41, 5.74) is 0.937. The fourth-order valence-corrected chi connectivity index (χ4v) is 1.55. The Morgan fingerprint density at radius 2 is 2.28 bits per heavy atom. The number of carboxylic acid groups (broad SMARTS) is 1. The number of nitrogens with zero attached hydrogens (tertiary/aromatic N) is 2. The SMILES string of the molecule is COCCC(NC(=O)c1cn(C)nc1C)C(=O)O. The van der Waals surface area contributed by atoms with Gasteiger partial charge in [-0.05, 0) is 6.92 Å². The van der Waals surface area contributed by atoms with E-state index in [9.17, 15) is 9.59 Å². The van der Waals surface area contributed by atoms with E-state index in [4.69, 9.17) is 9.84 Å². The fourth-order valence-electron chi connectivity index (χ4n) is 1.55. The molecule has 100 valence electrons. The van der Waals surface area contributed by atoms with Crippen molar-refractivity contribution in [2.75, 3.05) is 13.7 Å². The molecule has 1 atom stereocenters. The lowest BCUT2D eigenvalue weighted by atomic mass is 10.2. The molecule has 0 bridgehead atoms. The molecule has 0 spiro atoms. The molecule has 1 amide bonds. The molecule has 0 radical (unpaired) electrons. The van der Waals surface area contributed by atoms with Gasteiger partial charge in [0.15, 0.2) is 0 Å². The molecule has 0 aliphatic heterocycles. The van der Waals surface area contributed by atoms with Gasteiger partial charge in [-0.3, -0.25) is 9.48 Å². The highest BCUT2D eigenvalue weighted by Crippen LogP contribution is 2.05. The van der Waals surface area contributed by atoms with Crippen LogP contribution in [0.1, 0.15) is 22.5 Å². The number of nitrogens with one attached hydrogen (secondary N) is 1. The van der Waals surface area contributed by atoms with E-state index >= 15 is 0 Å². The van der Waals surface area contributed by atoms with E-state index in [2.05, 4.69) is 10.4 Å². The van der Waals surface area contributed by atoms with Crippen LogP contribution in [0.3, 0.4) is 0 Å². The molecule has 7 nitrogen and oxygen atoms in total. The number of carbonyl (C=O) groups is 2. The van der Waals surface area contributed by atoms with Crippen LogP contribution >= 0.6 is 0 Å². The molecule has 1 aromatic heterocycles. The number of hydrogen-bond acceptors (Lipinski definition) is 4. The lowest BCUT2D eigenvalue weighted by Gasteiger charge is -2.13. The van der Waals surface area contributed by atoms with E-state index in [-0.39, 0.29) is 13.0 Å². The number of amides is 1. The smallest absolute Gasteiger partial charge is 0.326 e. The number of methoxy groups -OCH3 is 1.